The Morgan fingerprint density at radius 2 is 1.91 bits per heavy atom. The van der Waals surface area contributed by atoms with E-state index in [0.717, 1.165) is 35.2 Å². The SMILES string of the molecule is Cc1cc2c(Oc3ccc4[nH]ccc4c3F)ncnc2cc1OCCCN1CCCCC1. The summed E-state index contributed by atoms with van der Waals surface area (Å²) in [6.07, 6.45) is 8.09. The molecule has 166 valence electrons. The largest absolute Gasteiger partial charge is 0.493 e. The number of halogens is 1. The first-order valence-corrected chi connectivity index (χ1v) is 11.2. The molecule has 0 radical (unpaired) electrons. The van der Waals surface area contributed by atoms with Gasteiger partial charge in [-0.05, 0) is 69.1 Å². The number of aromatic nitrogens is 3. The minimum atomic E-state index is -0.416. The Morgan fingerprint density at radius 1 is 1.03 bits per heavy atom. The molecule has 1 N–H and O–H groups in total. The average molecular weight is 435 g/mol. The number of piperidine rings is 1. The van der Waals surface area contributed by atoms with Crippen LogP contribution < -0.4 is 9.47 Å². The van der Waals surface area contributed by atoms with E-state index < -0.39 is 5.82 Å². The molecule has 2 aromatic carbocycles. The Hall–Kier alpha value is -3.19. The van der Waals surface area contributed by atoms with Crippen LogP contribution in [0.15, 0.2) is 42.9 Å². The lowest BCUT2D eigenvalue weighted by Crippen LogP contribution is -2.31. The van der Waals surface area contributed by atoms with Crippen LogP contribution in [-0.4, -0.2) is 46.1 Å². The second-order valence-electron chi connectivity index (χ2n) is 8.34. The van der Waals surface area contributed by atoms with Crippen LogP contribution in [0.25, 0.3) is 21.8 Å². The summed E-state index contributed by atoms with van der Waals surface area (Å²) in [5.41, 5.74) is 2.40. The predicted octanol–water partition coefficient (Wildman–Crippen LogP) is 5.61. The number of hydrogen-bond acceptors (Lipinski definition) is 5. The summed E-state index contributed by atoms with van der Waals surface area (Å²) in [7, 11) is 0. The Kier molecular flexibility index (Phi) is 5.90. The molecule has 32 heavy (non-hydrogen) atoms. The summed E-state index contributed by atoms with van der Waals surface area (Å²) in [6.45, 7) is 6.13. The van der Waals surface area contributed by atoms with Gasteiger partial charge in [0.25, 0.3) is 0 Å². The van der Waals surface area contributed by atoms with Gasteiger partial charge in [0.1, 0.15) is 12.1 Å². The molecule has 0 bridgehead atoms. The first-order chi connectivity index (χ1) is 15.7. The molecule has 4 aromatic rings. The van der Waals surface area contributed by atoms with Crippen LogP contribution in [0, 0.1) is 12.7 Å². The zero-order valence-electron chi connectivity index (χ0n) is 18.2. The maximum Gasteiger partial charge on any atom is 0.230 e. The third-order valence-electron chi connectivity index (χ3n) is 6.06. The highest BCUT2D eigenvalue weighted by atomic mass is 19.1. The number of aromatic amines is 1. The Balaban J connectivity index is 1.31. The minimum Gasteiger partial charge on any atom is -0.493 e. The molecule has 0 spiro atoms. The van der Waals surface area contributed by atoms with E-state index >= 15 is 0 Å². The molecule has 0 aliphatic carbocycles. The second kappa shape index (κ2) is 9.12. The van der Waals surface area contributed by atoms with Gasteiger partial charge >= 0.3 is 0 Å². The van der Waals surface area contributed by atoms with Crippen molar-refractivity contribution < 1.29 is 13.9 Å². The number of likely N-dealkylation sites (tertiary alicyclic amines) is 1. The van der Waals surface area contributed by atoms with Crippen LogP contribution in [-0.2, 0) is 0 Å². The fourth-order valence-corrected chi connectivity index (χ4v) is 4.32. The van der Waals surface area contributed by atoms with E-state index in [0.29, 0.717) is 23.4 Å². The molecule has 6 nitrogen and oxygen atoms in total. The summed E-state index contributed by atoms with van der Waals surface area (Å²) in [6, 6.07) is 8.94. The predicted molar refractivity (Wildman–Crippen MR) is 123 cm³/mol. The third-order valence-corrected chi connectivity index (χ3v) is 6.06. The van der Waals surface area contributed by atoms with Gasteiger partial charge in [-0.3, -0.25) is 0 Å². The number of nitrogens with one attached hydrogen (secondary N) is 1. The number of hydrogen-bond donors (Lipinski definition) is 1. The first kappa shape index (κ1) is 20.7. The smallest absolute Gasteiger partial charge is 0.230 e. The van der Waals surface area contributed by atoms with E-state index in [1.165, 1.54) is 38.7 Å². The fraction of sp³-hybridized carbons (Fsp3) is 0.360. The van der Waals surface area contributed by atoms with Crippen LogP contribution in [0.1, 0.15) is 31.2 Å². The molecular formula is C25H27FN4O2. The molecule has 5 rings (SSSR count). The molecule has 0 saturated carbocycles. The van der Waals surface area contributed by atoms with Crippen LogP contribution in [0.5, 0.6) is 17.4 Å². The van der Waals surface area contributed by atoms with Crippen molar-refractivity contribution in [2.45, 2.75) is 32.6 Å². The van der Waals surface area contributed by atoms with Crippen molar-refractivity contribution >= 4 is 21.8 Å². The van der Waals surface area contributed by atoms with E-state index in [-0.39, 0.29) is 5.75 Å². The van der Waals surface area contributed by atoms with Gasteiger partial charge < -0.3 is 19.4 Å². The first-order valence-electron chi connectivity index (χ1n) is 11.2. The van der Waals surface area contributed by atoms with Gasteiger partial charge in [-0.1, -0.05) is 6.42 Å². The van der Waals surface area contributed by atoms with Gasteiger partial charge in [0.2, 0.25) is 5.88 Å². The lowest BCUT2D eigenvalue weighted by Gasteiger charge is -2.26. The Morgan fingerprint density at radius 3 is 2.78 bits per heavy atom. The fourth-order valence-electron chi connectivity index (χ4n) is 4.32. The normalized spacial score (nSPS) is 14.8. The number of nitrogens with zero attached hydrogens (tertiary/aromatic N) is 3. The maximum absolute atomic E-state index is 14.8. The minimum absolute atomic E-state index is 0.132. The number of fused-ring (bicyclic) bond motifs is 2. The van der Waals surface area contributed by atoms with Gasteiger partial charge in [0.05, 0.1) is 17.5 Å². The van der Waals surface area contributed by atoms with Crippen molar-refractivity contribution in [3.05, 3.63) is 54.2 Å². The van der Waals surface area contributed by atoms with Crippen molar-refractivity contribution in [2.24, 2.45) is 0 Å². The number of benzene rings is 2. The summed E-state index contributed by atoms with van der Waals surface area (Å²) in [4.78, 5) is 14.1. The molecular weight excluding hydrogens is 407 g/mol. The molecule has 1 aliphatic heterocycles. The summed E-state index contributed by atoms with van der Waals surface area (Å²) >= 11 is 0. The molecule has 0 unspecified atom stereocenters. The van der Waals surface area contributed by atoms with E-state index in [2.05, 4.69) is 19.9 Å². The van der Waals surface area contributed by atoms with Crippen LogP contribution in [0.2, 0.25) is 0 Å². The van der Waals surface area contributed by atoms with Crippen molar-refractivity contribution in [3.8, 4) is 17.4 Å². The van der Waals surface area contributed by atoms with E-state index in [9.17, 15) is 4.39 Å². The molecule has 7 heteroatoms. The van der Waals surface area contributed by atoms with Gasteiger partial charge in [-0.2, -0.15) is 0 Å². The summed E-state index contributed by atoms with van der Waals surface area (Å²) in [5, 5.41) is 1.21. The number of rotatable bonds is 7. The highest BCUT2D eigenvalue weighted by Gasteiger charge is 2.15. The third kappa shape index (κ3) is 4.25. The molecule has 3 heterocycles. The zero-order chi connectivity index (χ0) is 21.9. The molecule has 1 saturated heterocycles. The van der Waals surface area contributed by atoms with Gasteiger partial charge in [-0.15, -0.1) is 0 Å². The second-order valence-corrected chi connectivity index (χ2v) is 8.34. The molecule has 0 amide bonds. The van der Waals surface area contributed by atoms with Crippen LogP contribution in [0.4, 0.5) is 4.39 Å². The number of H-pyrrole nitrogens is 1. The quantitative estimate of drug-likeness (QED) is 0.383. The molecule has 2 aromatic heterocycles. The van der Waals surface area contributed by atoms with Crippen LogP contribution >= 0.6 is 0 Å². The zero-order valence-corrected chi connectivity index (χ0v) is 18.2. The van der Waals surface area contributed by atoms with Crippen molar-refractivity contribution in [2.75, 3.05) is 26.2 Å². The van der Waals surface area contributed by atoms with Gasteiger partial charge in [0.15, 0.2) is 11.6 Å². The van der Waals surface area contributed by atoms with Gasteiger partial charge in [0, 0.05) is 29.7 Å². The topological polar surface area (TPSA) is 63.3 Å². The monoisotopic (exact) mass is 434 g/mol. The van der Waals surface area contributed by atoms with Crippen molar-refractivity contribution in [1.82, 2.24) is 19.9 Å². The lowest BCUT2D eigenvalue weighted by molar-refractivity contribution is 0.204. The molecule has 1 aliphatic rings. The summed E-state index contributed by atoms with van der Waals surface area (Å²) < 4.78 is 26.8. The summed E-state index contributed by atoms with van der Waals surface area (Å²) in [5.74, 6) is 0.845. The Labute approximate surface area is 186 Å². The highest BCUT2D eigenvalue weighted by molar-refractivity contribution is 5.86. The standard InChI is InChI=1S/C25H27FN4O2/c1-17-14-19-21(15-23(17)31-13-5-12-30-10-3-2-4-11-30)28-16-29-25(19)32-22-7-6-20-18(24(22)26)8-9-27-20/h6-9,14-16,27H,2-5,10-13H2,1H3. The van der Waals surface area contributed by atoms with E-state index in [1.807, 2.05) is 19.1 Å². The average Bonchev–Trinajstić information content (AvgIpc) is 3.30. The Bertz CT molecular complexity index is 1230. The maximum atomic E-state index is 14.8. The van der Waals surface area contributed by atoms with E-state index in [4.69, 9.17) is 9.47 Å². The number of ether oxygens (including phenoxy) is 2. The van der Waals surface area contributed by atoms with Crippen molar-refractivity contribution in [1.29, 1.82) is 0 Å². The molecule has 1 fully saturated rings. The van der Waals surface area contributed by atoms with Gasteiger partial charge in [-0.25, -0.2) is 14.4 Å². The van der Waals surface area contributed by atoms with Crippen molar-refractivity contribution in [3.63, 3.8) is 0 Å². The molecule has 0 atom stereocenters. The van der Waals surface area contributed by atoms with Crippen LogP contribution in [0.3, 0.4) is 0 Å². The van der Waals surface area contributed by atoms with E-state index in [1.54, 1.807) is 24.4 Å². The highest BCUT2D eigenvalue weighted by Crippen LogP contribution is 2.34. The lowest BCUT2D eigenvalue weighted by atomic mass is 10.1. The number of aryl methyl sites for hydroxylation is 1.